The molecule has 118 valence electrons. The van der Waals surface area contributed by atoms with Gasteiger partial charge in [-0.3, -0.25) is 0 Å². The van der Waals surface area contributed by atoms with Crippen LogP contribution in [-0.2, 0) is 0 Å². The molecule has 24 heavy (non-hydrogen) atoms. The zero-order valence-electron chi connectivity index (χ0n) is 11.9. The lowest BCUT2D eigenvalue weighted by Gasteiger charge is -1.98. The summed E-state index contributed by atoms with van der Waals surface area (Å²) in [6, 6.07) is 9.52. The quantitative estimate of drug-likeness (QED) is 0.567. The Labute approximate surface area is 132 Å². The van der Waals surface area contributed by atoms with Crippen LogP contribution in [0.25, 0.3) is 33.5 Å². The predicted octanol–water partition coefficient (Wildman–Crippen LogP) is 3.44. The molecule has 0 amide bonds. The lowest BCUT2D eigenvalue weighted by molar-refractivity contribution is 0.0697. The van der Waals surface area contributed by atoms with Gasteiger partial charge in [-0.05, 0) is 36.4 Å². The molecule has 0 fully saturated rings. The SMILES string of the molecule is O=C(O)c1ccc2oc(-c3cc4ccc(F)cc4oc3=O)nc2c1. The van der Waals surface area contributed by atoms with E-state index in [9.17, 15) is 14.0 Å². The van der Waals surface area contributed by atoms with E-state index in [4.69, 9.17) is 13.9 Å². The van der Waals surface area contributed by atoms with Gasteiger partial charge in [0.15, 0.2) is 5.58 Å². The Morgan fingerprint density at radius 1 is 1.04 bits per heavy atom. The zero-order valence-corrected chi connectivity index (χ0v) is 11.9. The fraction of sp³-hybridized carbons (Fsp3) is 0. The van der Waals surface area contributed by atoms with Crippen molar-refractivity contribution in [2.24, 2.45) is 0 Å². The number of rotatable bonds is 2. The Morgan fingerprint density at radius 2 is 1.88 bits per heavy atom. The third kappa shape index (κ3) is 2.23. The molecular weight excluding hydrogens is 317 g/mol. The second-order valence-corrected chi connectivity index (χ2v) is 5.14. The molecule has 0 aliphatic rings. The minimum absolute atomic E-state index is 0.00696. The van der Waals surface area contributed by atoms with Crippen LogP contribution in [0.2, 0.25) is 0 Å². The number of carbonyl (C=O) groups is 1. The highest BCUT2D eigenvalue weighted by Gasteiger charge is 2.16. The first-order valence-electron chi connectivity index (χ1n) is 6.89. The molecule has 2 aromatic carbocycles. The Kier molecular flexibility index (Phi) is 2.96. The van der Waals surface area contributed by atoms with Gasteiger partial charge in [0.25, 0.3) is 0 Å². The van der Waals surface area contributed by atoms with Crippen LogP contribution < -0.4 is 5.63 Å². The number of carboxylic acids is 1. The molecule has 6 nitrogen and oxygen atoms in total. The van der Waals surface area contributed by atoms with Gasteiger partial charge in [0, 0.05) is 11.5 Å². The molecule has 4 rings (SSSR count). The number of fused-ring (bicyclic) bond motifs is 2. The molecule has 0 saturated heterocycles. The molecule has 0 aliphatic heterocycles. The van der Waals surface area contributed by atoms with Crippen molar-refractivity contribution in [3.8, 4) is 11.5 Å². The Hall–Kier alpha value is -3.48. The van der Waals surface area contributed by atoms with Gasteiger partial charge in [-0.25, -0.2) is 19.0 Å². The number of hydrogen-bond donors (Lipinski definition) is 1. The normalized spacial score (nSPS) is 11.2. The van der Waals surface area contributed by atoms with Crippen LogP contribution in [0.15, 0.2) is 56.1 Å². The van der Waals surface area contributed by atoms with Crippen LogP contribution in [0, 0.1) is 5.82 Å². The van der Waals surface area contributed by atoms with Crippen molar-refractivity contribution in [2.75, 3.05) is 0 Å². The summed E-state index contributed by atoms with van der Waals surface area (Å²) in [5, 5.41) is 9.51. The van der Waals surface area contributed by atoms with Gasteiger partial charge in [0.05, 0.1) is 5.56 Å². The molecule has 0 atom stereocenters. The minimum atomic E-state index is -1.09. The van der Waals surface area contributed by atoms with Crippen molar-refractivity contribution < 1.29 is 23.1 Å². The maximum Gasteiger partial charge on any atom is 0.349 e. The van der Waals surface area contributed by atoms with Crippen molar-refractivity contribution in [2.45, 2.75) is 0 Å². The molecule has 0 unspecified atom stereocenters. The minimum Gasteiger partial charge on any atom is -0.478 e. The monoisotopic (exact) mass is 325 g/mol. The second kappa shape index (κ2) is 5.02. The van der Waals surface area contributed by atoms with Crippen LogP contribution in [-0.4, -0.2) is 16.1 Å². The summed E-state index contributed by atoms with van der Waals surface area (Å²) in [7, 11) is 0. The number of oxazole rings is 1. The highest BCUT2D eigenvalue weighted by Crippen LogP contribution is 2.25. The summed E-state index contributed by atoms with van der Waals surface area (Å²) < 4.78 is 23.8. The van der Waals surface area contributed by atoms with Gasteiger partial charge in [-0.1, -0.05) is 0 Å². The third-order valence-electron chi connectivity index (χ3n) is 3.56. The topological polar surface area (TPSA) is 93.5 Å². The molecule has 0 spiro atoms. The fourth-order valence-corrected chi connectivity index (χ4v) is 2.41. The molecule has 2 heterocycles. The van der Waals surface area contributed by atoms with Crippen molar-refractivity contribution in [3.05, 3.63) is 64.3 Å². The number of hydrogen-bond acceptors (Lipinski definition) is 5. The first kappa shape index (κ1) is 14.1. The predicted molar refractivity (Wildman–Crippen MR) is 82.4 cm³/mol. The Balaban J connectivity index is 1.92. The van der Waals surface area contributed by atoms with Gasteiger partial charge in [-0.2, -0.15) is 0 Å². The van der Waals surface area contributed by atoms with Crippen LogP contribution in [0.1, 0.15) is 10.4 Å². The van der Waals surface area contributed by atoms with Gasteiger partial charge in [0.1, 0.15) is 22.5 Å². The molecule has 0 saturated carbocycles. The largest absolute Gasteiger partial charge is 0.478 e. The van der Waals surface area contributed by atoms with Gasteiger partial charge >= 0.3 is 11.6 Å². The van der Waals surface area contributed by atoms with Gasteiger partial charge < -0.3 is 13.9 Å². The molecule has 2 aromatic heterocycles. The van der Waals surface area contributed by atoms with E-state index >= 15 is 0 Å². The van der Waals surface area contributed by atoms with Crippen molar-refractivity contribution in [1.82, 2.24) is 4.98 Å². The summed E-state index contributed by atoms with van der Waals surface area (Å²) in [6.45, 7) is 0. The summed E-state index contributed by atoms with van der Waals surface area (Å²) in [4.78, 5) is 27.3. The molecule has 4 aromatic rings. The van der Waals surface area contributed by atoms with E-state index in [2.05, 4.69) is 4.98 Å². The van der Waals surface area contributed by atoms with E-state index in [1.807, 2.05) is 0 Å². The molecule has 7 heteroatoms. The number of aromatic carboxylic acids is 1. The van der Waals surface area contributed by atoms with E-state index in [1.165, 1.54) is 36.4 Å². The van der Waals surface area contributed by atoms with Gasteiger partial charge in [-0.15, -0.1) is 0 Å². The first-order chi connectivity index (χ1) is 11.5. The first-order valence-corrected chi connectivity index (χ1v) is 6.89. The number of nitrogens with zero attached hydrogens (tertiary/aromatic N) is 1. The molecule has 1 N–H and O–H groups in total. The van der Waals surface area contributed by atoms with Crippen LogP contribution >= 0.6 is 0 Å². The summed E-state index contributed by atoms with van der Waals surface area (Å²) in [5.74, 6) is -1.59. The Bertz CT molecular complexity index is 1170. The third-order valence-corrected chi connectivity index (χ3v) is 3.56. The van der Waals surface area contributed by atoms with Crippen molar-refractivity contribution >= 4 is 28.0 Å². The van der Waals surface area contributed by atoms with Gasteiger partial charge in [0.2, 0.25) is 5.89 Å². The Morgan fingerprint density at radius 3 is 2.67 bits per heavy atom. The van der Waals surface area contributed by atoms with Crippen LogP contribution in [0.3, 0.4) is 0 Å². The van der Waals surface area contributed by atoms with Crippen LogP contribution in [0.5, 0.6) is 0 Å². The fourth-order valence-electron chi connectivity index (χ4n) is 2.41. The van der Waals surface area contributed by atoms with E-state index in [-0.39, 0.29) is 22.6 Å². The lowest BCUT2D eigenvalue weighted by atomic mass is 10.2. The number of carboxylic acid groups (broad SMARTS) is 1. The van der Waals surface area contributed by atoms with Crippen molar-refractivity contribution in [3.63, 3.8) is 0 Å². The zero-order chi connectivity index (χ0) is 16.8. The molecule has 0 radical (unpaired) electrons. The second-order valence-electron chi connectivity index (χ2n) is 5.14. The molecule has 0 aliphatic carbocycles. The molecular formula is C17H8FNO5. The van der Waals surface area contributed by atoms with E-state index in [0.717, 1.165) is 6.07 Å². The van der Waals surface area contributed by atoms with E-state index in [0.29, 0.717) is 16.5 Å². The van der Waals surface area contributed by atoms with E-state index in [1.54, 1.807) is 0 Å². The van der Waals surface area contributed by atoms with E-state index < -0.39 is 17.4 Å². The standard InChI is InChI=1S/C17H8FNO5/c18-10-3-1-8-5-11(17(22)24-14(8)7-10)15-19-12-6-9(16(20)21)2-4-13(12)23-15/h1-7H,(H,20,21). The number of halogens is 1. The summed E-state index contributed by atoms with van der Waals surface area (Å²) in [5.41, 5.74) is 0.175. The summed E-state index contributed by atoms with van der Waals surface area (Å²) >= 11 is 0. The number of aromatic nitrogens is 1. The van der Waals surface area contributed by atoms with Crippen molar-refractivity contribution in [1.29, 1.82) is 0 Å². The maximum atomic E-state index is 13.2. The highest BCUT2D eigenvalue weighted by molar-refractivity contribution is 5.92. The highest BCUT2D eigenvalue weighted by atomic mass is 19.1. The average Bonchev–Trinajstić information content (AvgIpc) is 2.96. The average molecular weight is 325 g/mol. The lowest BCUT2D eigenvalue weighted by Crippen LogP contribution is -2.02. The number of benzene rings is 2. The maximum absolute atomic E-state index is 13.2. The summed E-state index contributed by atoms with van der Waals surface area (Å²) in [6.07, 6.45) is 0. The van der Waals surface area contributed by atoms with Crippen LogP contribution in [0.4, 0.5) is 4.39 Å². The smallest absolute Gasteiger partial charge is 0.349 e. The molecule has 0 bridgehead atoms.